The van der Waals surface area contributed by atoms with Gasteiger partial charge in [0.15, 0.2) is 16.2 Å². The van der Waals surface area contributed by atoms with Crippen LogP contribution < -0.4 is 0 Å². The second-order valence-corrected chi connectivity index (χ2v) is 5.57. The maximum absolute atomic E-state index is 5.33. The van der Waals surface area contributed by atoms with Crippen molar-refractivity contribution in [3.63, 3.8) is 0 Å². The van der Waals surface area contributed by atoms with Gasteiger partial charge in [-0.3, -0.25) is 9.13 Å². The molecular formula is C8H20N2OSi. The number of unbranched alkanes of at least 4 members (excludes halogenated alkanes) is 2. The average Bonchev–Trinajstić information content (AvgIpc) is 2.04. The predicted octanol–water partition coefficient (Wildman–Crippen LogP) is 0.353. The van der Waals surface area contributed by atoms with Gasteiger partial charge in [-0.05, 0) is 20.0 Å². The fraction of sp³-hybridized carbons (Fsp3) is 1.00. The van der Waals surface area contributed by atoms with Crippen LogP contribution in [0.5, 0.6) is 0 Å². The molecule has 1 aliphatic rings. The molecule has 1 saturated heterocycles. The molecule has 12 heavy (non-hydrogen) atoms. The van der Waals surface area contributed by atoms with Crippen molar-refractivity contribution in [1.29, 1.82) is 0 Å². The number of methoxy groups -OCH3 is 1. The number of ether oxygens (including phenoxy) is 1. The van der Waals surface area contributed by atoms with Crippen LogP contribution in [0, 0.1) is 0 Å². The summed E-state index contributed by atoms with van der Waals surface area (Å²) in [5.41, 5.74) is 0. The Bertz CT molecular complexity index is 134. The Morgan fingerprint density at radius 1 is 1.42 bits per heavy atom. The van der Waals surface area contributed by atoms with Crippen LogP contribution >= 0.6 is 0 Å². The standard InChI is InChI=1S/C8H20N2OSi/c1-4-5-6-7-10-8(11-3)9(2)12-10/h8H,4-7,12H2,1-3H3. The first-order valence-electron chi connectivity index (χ1n) is 4.76. The minimum absolute atomic E-state index is 0.101. The van der Waals surface area contributed by atoms with Crippen molar-refractivity contribution in [2.75, 3.05) is 20.7 Å². The minimum Gasteiger partial charge on any atom is -0.354 e. The molecule has 72 valence electrons. The van der Waals surface area contributed by atoms with Crippen LogP contribution in [0.4, 0.5) is 0 Å². The highest BCUT2D eigenvalue weighted by atomic mass is 28.2. The molecular weight excluding hydrogens is 168 g/mol. The minimum atomic E-state index is -0.101. The molecule has 1 aliphatic heterocycles. The molecule has 0 aromatic heterocycles. The summed E-state index contributed by atoms with van der Waals surface area (Å²) in [7, 11) is 3.84. The van der Waals surface area contributed by atoms with E-state index in [1.165, 1.54) is 25.8 Å². The number of nitrogens with zero attached hydrogens (tertiary/aromatic N) is 2. The molecule has 0 aromatic carbocycles. The summed E-state index contributed by atoms with van der Waals surface area (Å²) in [6.07, 6.45) is 4.29. The van der Waals surface area contributed by atoms with Crippen LogP contribution in [-0.2, 0) is 4.74 Å². The third-order valence-electron chi connectivity index (χ3n) is 2.35. The van der Waals surface area contributed by atoms with E-state index in [2.05, 4.69) is 23.1 Å². The largest absolute Gasteiger partial charge is 0.354 e. The van der Waals surface area contributed by atoms with Gasteiger partial charge in [0.1, 0.15) is 0 Å². The molecule has 0 radical (unpaired) electrons. The van der Waals surface area contributed by atoms with Crippen molar-refractivity contribution in [3.05, 3.63) is 0 Å². The van der Waals surface area contributed by atoms with Crippen molar-refractivity contribution in [1.82, 2.24) is 9.13 Å². The highest BCUT2D eigenvalue weighted by Crippen LogP contribution is 2.15. The fourth-order valence-electron chi connectivity index (χ4n) is 1.68. The maximum Gasteiger partial charge on any atom is 0.179 e. The van der Waals surface area contributed by atoms with Crippen molar-refractivity contribution < 1.29 is 4.74 Å². The predicted molar refractivity (Wildman–Crippen MR) is 53.3 cm³/mol. The molecule has 0 spiro atoms. The van der Waals surface area contributed by atoms with Gasteiger partial charge >= 0.3 is 0 Å². The average molecular weight is 188 g/mol. The van der Waals surface area contributed by atoms with Crippen molar-refractivity contribution in [2.45, 2.75) is 32.5 Å². The Hall–Kier alpha value is 0.0969. The molecule has 0 amide bonds. The Balaban J connectivity index is 2.09. The van der Waals surface area contributed by atoms with Gasteiger partial charge in [-0.15, -0.1) is 0 Å². The van der Waals surface area contributed by atoms with Gasteiger partial charge in [-0.25, -0.2) is 0 Å². The van der Waals surface area contributed by atoms with E-state index in [0.717, 1.165) is 0 Å². The quantitative estimate of drug-likeness (QED) is 0.457. The number of hydrogen-bond donors (Lipinski definition) is 0. The Labute approximate surface area is 77.7 Å². The van der Waals surface area contributed by atoms with Crippen LogP contribution in [0.2, 0.25) is 0 Å². The van der Waals surface area contributed by atoms with E-state index < -0.39 is 0 Å². The SMILES string of the molecule is CCCCCN1[SiH2]N(C)C1OC. The number of rotatable bonds is 5. The third kappa shape index (κ3) is 2.29. The lowest BCUT2D eigenvalue weighted by Gasteiger charge is -2.47. The van der Waals surface area contributed by atoms with E-state index >= 15 is 0 Å². The lowest BCUT2D eigenvalue weighted by atomic mass is 10.2. The van der Waals surface area contributed by atoms with Crippen LogP contribution in [0.15, 0.2) is 0 Å². The summed E-state index contributed by atoms with van der Waals surface area (Å²) in [5, 5.41) is 0. The van der Waals surface area contributed by atoms with E-state index in [4.69, 9.17) is 4.74 Å². The van der Waals surface area contributed by atoms with Crippen LogP contribution in [0.1, 0.15) is 26.2 Å². The van der Waals surface area contributed by atoms with Crippen LogP contribution in [0.25, 0.3) is 0 Å². The normalized spacial score (nSPS) is 27.8. The van der Waals surface area contributed by atoms with E-state index in [1.54, 1.807) is 7.11 Å². The molecule has 1 fully saturated rings. The molecule has 3 nitrogen and oxygen atoms in total. The zero-order chi connectivity index (χ0) is 8.97. The molecule has 0 bridgehead atoms. The van der Waals surface area contributed by atoms with Gasteiger partial charge in [0.05, 0.1) is 0 Å². The van der Waals surface area contributed by atoms with E-state index in [9.17, 15) is 0 Å². The molecule has 4 heteroatoms. The van der Waals surface area contributed by atoms with E-state index in [-0.39, 0.29) is 9.84 Å². The zero-order valence-corrected chi connectivity index (χ0v) is 9.83. The second-order valence-electron chi connectivity index (χ2n) is 3.48. The molecule has 0 aliphatic carbocycles. The first kappa shape index (κ1) is 10.2. The summed E-state index contributed by atoms with van der Waals surface area (Å²) >= 11 is 0. The topological polar surface area (TPSA) is 15.7 Å². The molecule has 0 saturated carbocycles. The van der Waals surface area contributed by atoms with Gasteiger partial charge in [-0.1, -0.05) is 19.8 Å². The van der Waals surface area contributed by atoms with Gasteiger partial charge < -0.3 is 4.74 Å². The van der Waals surface area contributed by atoms with Gasteiger partial charge in [-0.2, -0.15) is 0 Å². The van der Waals surface area contributed by atoms with Crippen molar-refractivity contribution >= 4 is 9.84 Å². The molecule has 1 rings (SSSR count). The molecule has 1 heterocycles. The molecule has 0 N–H and O–H groups in total. The summed E-state index contributed by atoms with van der Waals surface area (Å²) in [5.74, 6) is 0. The highest BCUT2D eigenvalue weighted by molar-refractivity contribution is 6.31. The summed E-state index contributed by atoms with van der Waals surface area (Å²) in [4.78, 5) is 0. The van der Waals surface area contributed by atoms with Gasteiger partial charge in [0, 0.05) is 7.11 Å². The van der Waals surface area contributed by atoms with Crippen molar-refractivity contribution in [2.24, 2.45) is 0 Å². The summed E-state index contributed by atoms with van der Waals surface area (Å²) < 4.78 is 10.2. The fourth-order valence-corrected chi connectivity index (χ4v) is 3.40. The Kier molecular flexibility index (Phi) is 4.21. The Morgan fingerprint density at radius 2 is 2.17 bits per heavy atom. The first-order chi connectivity index (χ1) is 5.79. The van der Waals surface area contributed by atoms with Gasteiger partial charge in [0.25, 0.3) is 0 Å². The zero-order valence-electron chi connectivity index (χ0n) is 8.42. The maximum atomic E-state index is 5.33. The van der Waals surface area contributed by atoms with Crippen molar-refractivity contribution in [3.8, 4) is 0 Å². The number of hydrogen-bond acceptors (Lipinski definition) is 3. The third-order valence-corrected chi connectivity index (χ3v) is 4.10. The highest BCUT2D eigenvalue weighted by Gasteiger charge is 2.32. The summed E-state index contributed by atoms with van der Waals surface area (Å²) in [6, 6.07) is 0. The smallest absolute Gasteiger partial charge is 0.179 e. The molecule has 1 unspecified atom stereocenters. The van der Waals surface area contributed by atoms with Crippen LogP contribution in [-0.4, -0.2) is 46.0 Å². The van der Waals surface area contributed by atoms with Crippen LogP contribution in [0.3, 0.4) is 0 Å². The van der Waals surface area contributed by atoms with E-state index in [1.807, 2.05) is 0 Å². The Morgan fingerprint density at radius 3 is 2.67 bits per heavy atom. The van der Waals surface area contributed by atoms with E-state index in [0.29, 0.717) is 6.35 Å². The molecule has 1 atom stereocenters. The first-order valence-corrected chi connectivity index (χ1v) is 6.03. The lowest BCUT2D eigenvalue weighted by Crippen LogP contribution is -2.65. The molecule has 0 aromatic rings. The van der Waals surface area contributed by atoms with Gasteiger partial charge in [0.2, 0.25) is 0 Å². The monoisotopic (exact) mass is 188 g/mol. The lowest BCUT2D eigenvalue weighted by molar-refractivity contribution is -0.103. The summed E-state index contributed by atoms with van der Waals surface area (Å²) in [6.45, 7) is 3.48. The second kappa shape index (κ2) is 4.96.